The summed E-state index contributed by atoms with van der Waals surface area (Å²) >= 11 is 5.67. The minimum Gasteiger partial charge on any atom is -0.457 e. The van der Waals surface area contributed by atoms with Crippen molar-refractivity contribution in [2.75, 3.05) is 12.4 Å². The molecule has 0 aliphatic carbocycles. The quantitative estimate of drug-likeness (QED) is 0.362. The van der Waals surface area contributed by atoms with Crippen molar-refractivity contribution in [2.45, 2.75) is 6.18 Å². The van der Waals surface area contributed by atoms with Crippen LogP contribution < -0.4 is 15.4 Å². The highest BCUT2D eigenvalue weighted by molar-refractivity contribution is 6.31. The predicted octanol–water partition coefficient (Wildman–Crippen LogP) is 6.20. The summed E-state index contributed by atoms with van der Waals surface area (Å²) < 4.78 is 45.1. The minimum absolute atomic E-state index is 0.211. The maximum Gasteiger partial charge on any atom is 0.417 e. The Balaban J connectivity index is 1.55. The molecule has 2 heterocycles. The van der Waals surface area contributed by atoms with E-state index in [4.69, 9.17) is 16.3 Å². The van der Waals surface area contributed by atoms with Gasteiger partial charge in [0.25, 0.3) is 5.91 Å². The molecule has 0 atom stereocenters. The first-order valence-corrected chi connectivity index (χ1v) is 10.0. The molecular weight excluding hydrogens is 457 g/mol. The lowest BCUT2D eigenvalue weighted by Gasteiger charge is -2.12. The van der Waals surface area contributed by atoms with Crippen LogP contribution in [0.15, 0.2) is 66.9 Å². The van der Waals surface area contributed by atoms with E-state index in [0.29, 0.717) is 22.8 Å². The molecule has 2 aromatic carbocycles. The summed E-state index contributed by atoms with van der Waals surface area (Å²) in [5, 5.41) is 5.75. The normalized spacial score (nSPS) is 11.3. The molecule has 0 spiro atoms. The number of nitrogens with zero attached hydrogens (tertiary/aromatic N) is 2. The van der Waals surface area contributed by atoms with Crippen LogP contribution in [-0.4, -0.2) is 22.9 Å². The number of fused-ring (bicyclic) bond motifs is 1. The zero-order chi connectivity index (χ0) is 23.6. The number of nitrogens with one attached hydrogen (secondary N) is 2. The van der Waals surface area contributed by atoms with Gasteiger partial charge in [-0.3, -0.25) is 9.78 Å². The van der Waals surface area contributed by atoms with Gasteiger partial charge in [-0.1, -0.05) is 11.6 Å². The Bertz CT molecular complexity index is 1350. The molecule has 0 saturated carbocycles. The van der Waals surface area contributed by atoms with Gasteiger partial charge in [0.15, 0.2) is 0 Å². The van der Waals surface area contributed by atoms with Gasteiger partial charge in [0.1, 0.15) is 23.0 Å². The van der Waals surface area contributed by atoms with Gasteiger partial charge in [0, 0.05) is 30.4 Å². The Kier molecular flexibility index (Phi) is 6.06. The first-order chi connectivity index (χ1) is 15.7. The first-order valence-electron chi connectivity index (χ1n) is 9.63. The first kappa shape index (κ1) is 22.3. The van der Waals surface area contributed by atoms with Gasteiger partial charge >= 0.3 is 6.18 Å². The molecule has 33 heavy (non-hydrogen) atoms. The molecule has 6 nitrogen and oxygen atoms in total. The standard InChI is InChI=1S/C23H16ClF3N4O2/c1-28-22(32)20-12-16(8-9-29-20)33-15-4-6-19-13(10-15)2-7-21(31-19)30-14-3-5-18(24)17(11-14)23(25,26)27/h2-12H,1H3,(H,28,32)(H,30,31). The molecule has 0 fully saturated rings. The number of ether oxygens (including phenoxy) is 1. The van der Waals surface area contributed by atoms with Crippen LogP contribution in [0.4, 0.5) is 24.7 Å². The van der Waals surface area contributed by atoms with Crippen LogP contribution in [0.25, 0.3) is 10.9 Å². The number of hydrogen-bond donors (Lipinski definition) is 2. The number of rotatable bonds is 5. The van der Waals surface area contributed by atoms with Gasteiger partial charge in [0.2, 0.25) is 0 Å². The summed E-state index contributed by atoms with van der Waals surface area (Å²) in [5.74, 6) is 1.01. The Morgan fingerprint density at radius 3 is 2.55 bits per heavy atom. The largest absolute Gasteiger partial charge is 0.457 e. The Hall–Kier alpha value is -3.85. The third-order valence-electron chi connectivity index (χ3n) is 4.63. The van der Waals surface area contributed by atoms with Crippen LogP contribution in [0, 0.1) is 0 Å². The molecule has 0 bridgehead atoms. The van der Waals surface area contributed by atoms with Gasteiger partial charge < -0.3 is 15.4 Å². The summed E-state index contributed by atoms with van der Waals surface area (Å²) in [6.07, 6.45) is -3.08. The Morgan fingerprint density at radius 1 is 1.00 bits per heavy atom. The smallest absolute Gasteiger partial charge is 0.417 e. The second-order valence-corrected chi connectivity index (χ2v) is 7.33. The number of pyridine rings is 2. The van der Waals surface area contributed by atoms with Crippen LogP contribution in [0.1, 0.15) is 16.1 Å². The molecule has 168 valence electrons. The number of carbonyl (C=O) groups excluding carboxylic acids is 1. The minimum atomic E-state index is -4.56. The lowest BCUT2D eigenvalue weighted by Crippen LogP contribution is -2.18. The fraction of sp³-hybridized carbons (Fsp3) is 0.0870. The van der Waals surface area contributed by atoms with Crippen molar-refractivity contribution in [2.24, 2.45) is 0 Å². The van der Waals surface area contributed by atoms with E-state index in [1.54, 1.807) is 36.4 Å². The molecule has 2 aromatic heterocycles. The van der Waals surface area contributed by atoms with E-state index in [1.165, 1.54) is 31.4 Å². The third kappa shape index (κ3) is 5.15. The van der Waals surface area contributed by atoms with Crippen molar-refractivity contribution in [3.63, 3.8) is 0 Å². The summed E-state index contributed by atoms with van der Waals surface area (Å²) in [6, 6.07) is 15.3. The summed E-state index contributed by atoms with van der Waals surface area (Å²) in [6.45, 7) is 0. The van der Waals surface area contributed by atoms with Gasteiger partial charge in [0.05, 0.1) is 16.1 Å². The molecule has 0 saturated heterocycles. The maximum atomic E-state index is 13.1. The monoisotopic (exact) mass is 472 g/mol. The third-order valence-corrected chi connectivity index (χ3v) is 4.96. The number of aromatic nitrogens is 2. The zero-order valence-corrected chi connectivity index (χ0v) is 17.8. The molecule has 0 radical (unpaired) electrons. The van der Waals surface area contributed by atoms with Crippen LogP contribution in [0.2, 0.25) is 5.02 Å². The number of hydrogen-bond acceptors (Lipinski definition) is 5. The lowest BCUT2D eigenvalue weighted by atomic mass is 10.2. The van der Waals surface area contributed by atoms with Crippen molar-refractivity contribution in [3.8, 4) is 11.5 Å². The molecule has 10 heteroatoms. The number of amides is 1. The summed E-state index contributed by atoms with van der Waals surface area (Å²) in [7, 11) is 1.51. The topological polar surface area (TPSA) is 76.1 Å². The van der Waals surface area contributed by atoms with E-state index < -0.39 is 11.7 Å². The average Bonchev–Trinajstić information content (AvgIpc) is 2.79. The molecular formula is C23H16ClF3N4O2. The molecule has 2 N–H and O–H groups in total. The zero-order valence-electron chi connectivity index (χ0n) is 17.1. The Labute approximate surface area is 191 Å². The van der Waals surface area contributed by atoms with Crippen LogP contribution >= 0.6 is 11.6 Å². The number of carbonyl (C=O) groups is 1. The van der Waals surface area contributed by atoms with Crippen LogP contribution in [-0.2, 0) is 6.18 Å². The van der Waals surface area contributed by atoms with Crippen molar-refractivity contribution >= 4 is 39.9 Å². The second kappa shape index (κ2) is 8.95. The number of anilines is 2. The number of benzene rings is 2. The fourth-order valence-corrected chi connectivity index (χ4v) is 3.29. The second-order valence-electron chi connectivity index (χ2n) is 6.93. The van der Waals surface area contributed by atoms with Crippen LogP contribution in [0.5, 0.6) is 11.5 Å². The van der Waals surface area contributed by atoms with Crippen molar-refractivity contribution < 1.29 is 22.7 Å². The molecule has 0 aliphatic heterocycles. The van der Waals surface area contributed by atoms with Gasteiger partial charge in [-0.15, -0.1) is 0 Å². The highest BCUT2D eigenvalue weighted by atomic mass is 35.5. The van der Waals surface area contributed by atoms with E-state index in [2.05, 4.69) is 20.6 Å². The fourth-order valence-electron chi connectivity index (χ4n) is 3.07. The van der Waals surface area contributed by atoms with E-state index in [-0.39, 0.29) is 22.3 Å². The van der Waals surface area contributed by atoms with Gasteiger partial charge in [-0.05, 0) is 54.6 Å². The molecule has 1 amide bonds. The van der Waals surface area contributed by atoms with Gasteiger partial charge in [-0.2, -0.15) is 13.2 Å². The lowest BCUT2D eigenvalue weighted by molar-refractivity contribution is -0.137. The summed E-state index contributed by atoms with van der Waals surface area (Å²) in [5.41, 5.74) is 0.123. The summed E-state index contributed by atoms with van der Waals surface area (Å²) in [4.78, 5) is 20.2. The maximum absolute atomic E-state index is 13.1. The van der Waals surface area contributed by atoms with E-state index >= 15 is 0 Å². The molecule has 4 rings (SSSR count). The van der Waals surface area contributed by atoms with Crippen LogP contribution in [0.3, 0.4) is 0 Å². The van der Waals surface area contributed by atoms with E-state index in [0.717, 1.165) is 11.5 Å². The average molecular weight is 473 g/mol. The van der Waals surface area contributed by atoms with Crippen molar-refractivity contribution in [1.29, 1.82) is 0 Å². The van der Waals surface area contributed by atoms with E-state index in [9.17, 15) is 18.0 Å². The van der Waals surface area contributed by atoms with E-state index in [1.807, 2.05) is 0 Å². The molecule has 0 aliphatic rings. The molecule has 4 aromatic rings. The Morgan fingerprint density at radius 2 is 1.79 bits per heavy atom. The number of halogens is 4. The van der Waals surface area contributed by atoms with Gasteiger partial charge in [-0.25, -0.2) is 4.98 Å². The molecule has 0 unspecified atom stereocenters. The highest BCUT2D eigenvalue weighted by Crippen LogP contribution is 2.36. The number of alkyl halides is 3. The SMILES string of the molecule is CNC(=O)c1cc(Oc2ccc3nc(Nc4ccc(Cl)c(C(F)(F)F)c4)ccc3c2)ccn1. The van der Waals surface area contributed by atoms with Crippen molar-refractivity contribution in [1.82, 2.24) is 15.3 Å². The highest BCUT2D eigenvalue weighted by Gasteiger charge is 2.33. The predicted molar refractivity (Wildman–Crippen MR) is 119 cm³/mol. The van der Waals surface area contributed by atoms with Crippen molar-refractivity contribution in [3.05, 3.63) is 83.1 Å².